The van der Waals surface area contributed by atoms with E-state index < -0.39 is 0 Å². The molecular weight excluding hydrogens is 280 g/mol. The summed E-state index contributed by atoms with van der Waals surface area (Å²) < 4.78 is 5.64. The molecule has 0 unspecified atom stereocenters. The normalized spacial score (nSPS) is 9.73. The number of fused-ring (bicyclic) bond motifs is 1. The largest absolute Gasteiger partial charge is 0.434 e. The minimum atomic E-state index is -0.253. The summed E-state index contributed by atoms with van der Waals surface area (Å²) in [4.78, 5) is 8.42. The highest BCUT2D eigenvalue weighted by Gasteiger charge is 2.09. The summed E-state index contributed by atoms with van der Waals surface area (Å²) in [5.41, 5.74) is 4.87. The number of rotatable bonds is 3. The molecule has 3 aromatic rings. The van der Waals surface area contributed by atoms with Gasteiger partial charge in [-0.05, 0) is 30.3 Å². The lowest BCUT2D eigenvalue weighted by molar-refractivity contribution is 0.619. The maximum absolute atomic E-state index is 8.64. The predicted octanol–water partition coefficient (Wildman–Crippen LogP) is 2.70. The molecule has 0 bridgehead atoms. The van der Waals surface area contributed by atoms with Crippen molar-refractivity contribution in [1.82, 2.24) is 9.97 Å². The molecule has 104 valence electrons. The third-order valence-corrected chi connectivity index (χ3v) is 2.78. The second-order valence-electron chi connectivity index (χ2n) is 4.22. The molecule has 1 aromatic carbocycles. The van der Waals surface area contributed by atoms with Gasteiger partial charge in [-0.1, -0.05) is 6.07 Å². The zero-order chi connectivity index (χ0) is 15.4. The number of hydrogen-bond acceptors (Lipinski definition) is 7. The van der Waals surface area contributed by atoms with Gasteiger partial charge < -0.3 is 4.42 Å². The van der Waals surface area contributed by atoms with Gasteiger partial charge in [0.05, 0.1) is 5.69 Å². The summed E-state index contributed by atoms with van der Waals surface area (Å²) >= 11 is 0. The molecule has 0 fully saturated rings. The van der Waals surface area contributed by atoms with Crippen LogP contribution in [0.5, 0.6) is 0 Å². The predicted molar refractivity (Wildman–Crippen MR) is 79.5 cm³/mol. The van der Waals surface area contributed by atoms with E-state index in [-0.39, 0.29) is 5.71 Å². The summed E-state index contributed by atoms with van der Waals surface area (Å²) in [5.74, 6) is 0.433. The van der Waals surface area contributed by atoms with Gasteiger partial charge in [-0.3, -0.25) is 5.43 Å². The van der Waals surface area contributed by atoms with E-state index in [2.05, 4.69) is 20.5 Å². The molecule has 2 heterocycles. The van der Waals surface area contributed by atoms with E-state index in [9.17, 15) is 0 Å². The Balaban J connectivity index is 1.93. The minimum Gasteiger partial charge on any atom is -0.434 e. The first-order chi connectivity index (χ1) is 10.8. The Labute approximate surface area is 125 Å². The highest BCUT2D eigenvalue weighted by Crippen LogP contribution is 2.25. The van der Waals surface area contributed by atoms with Crippen LogP contribution in [0.3, 0.4) is 0 Å². The molecule has 0 aliphatic rings. The number of hydrogen-bond donors (Lipinski definition) is 1. The standard InChI is InChI=1S/C15H8N6O/c16-8-12(9-17)21-20-11-4-1-3-10(7-11)15-19-14-13(22-15)5-2-6-18-14/h1-7,20H. The molecule has 0 atom stereocenters. The van der Waals surface area contributed by atoms with Crippen LogP contribution in [0.25, 0.3) is 22.7 Å². The lowest BCUT2D eigenvalue weighted by Crippen LogP contribution is -1.96. The highest BCUT2D eigenvalue weighted by atomic mass is 16.3. The van der Waals surface area contributed by atoms with Gasteiger partial charge in [-0.25, -0.2) is 4.98 Å². The van der Waals surface area contributed by atoms with Crippen molar-refractivity contribution < 1.29 is 4.42 Å². The summed E-state index contributed by atoms with van der Waals surface area (Å²) in [7, 11) is 0. The lowest BCUT2D eigenvalue weighted by atomic mass is 10.2. The molecule has 7 nitrogen and oxygen atoms in total. The van der Waals surface area contributed by atoms with Crippen molar-refractivity contribution in [3.8, 4) is 23.6 Å². The number of pyridine rings is 1. The maximum Gasteiger partial charge on any atom is 0.237 e. The van der Waals surface area contributed by atoms with Crippen LogP contribution in [0.15, 0.2) is 52.1 Å². The van der Waals surface area contributed by atoms with E-state index in [4.69, 9.17) is 14.9 Å². The first-order valence-corrected chi connectivity index (χ1v) is 6.26. The van der Waals surface area contributed by atoms with Crippen molar-refractivity contribution in [3.63, 3.8) is 0 Å². The topological polar surface area (TPSA) is 111 Å². The first kappa shape index (κ1) is 13.3. The number of nitriles is 2. The number of oxazole rings is 1. The van der Waals surface area contributed by atoms with Gasteiger partial charge in [0, 0.05) is 11.8 Å². The molecule has 0 aliphatic heterocycles. The fraction of sp³-hybridized carbons (Fsp3) is 0. The van der Waals surface area contributed by atoms with E-state index in [0.717, 1.165) is 5.56 Å². The number of anilines is 1. The van der Waals surface area contributed by atoms with Crippen molar-refractivity contribution in [2.45, 2.75) is 0 Å². The van der Waals surface area contributed by atoms with E-state index in [1.165, 1.54) is 0 Å². The Morgan fingerprint density at radius 2 is 2.05 bits per heavy atom. The Morgan fingerprint density at radius 1 is 1.18 bits per heavy atom. The monoisotopic (exact) mass is 288 g/mol. The van der Waals surface area contributed by atoms with Crippen LogP contribution in [-0.4, -0.2) is 15.7 Å². The number of hydrazone groups is 1. The molecule has 0 aliphatic carbocycles. The van der Waals surface area contributed by atoms with E-state index in [0.29, 0.717) is 22.8 Å². The van der Waals surface area contributed by atoms with Gasteiger partial charge in [0.1, 0.15) is 12.1 Å². The minimum absolute atomic E-state index is 0.253. The van der Waals surface area contributed by atoms with E-state index in [1.54, 1.807) is 48.7 Å². The van der Waals surface area contributed by atoms with Crippen LogP contribution in [0.4, 0.5) is 5.69 Å². The SMILES string of the molecule is N#CC(C#N)=NNc1cccc(-c2nc3ncccc3o2)c1. The zero-order valence-corrected chi connectivity index (χ0v) is 11.2. The van der Waals surface area contributed by atoms with Crippen molar-refractivity contribution in [2.24, 2.45) is 5.10 Å². The molecule has 2 aromatic heterocycles. The van der Waals surface area contributed by atoms with Gasteiger partial charge in [0.2, 0.25) is 11.6 Å². The number of aromatic nitrogens is 2. The summed E-state index contributed by atoms with van der Waals surface area (Å²) in [6, 6.07) is 14.0. The molecule has 22 heavy (non-hydrogen) atoms. The molecular formula is C15H8N6O. The number of nitrogens with one attached hydrogen (secondary N) is 1. The van der Waals surface area contributed by atoms with Gasteiger partial charge in [0.15, 0.2) is 11.2 Å². The molecule has 0 amide bonds. The average Bonchev–Trinajstić information content (AvgIpc) is 3.00. The van der Waals surface area contributed by atoms with Crippen LogP contribution in [-0.2, 0) is 0 Å². The van der Waals surface area contributed by atoms with Crippen LogP contribution in [0.2, 0.25) is 0 Å². The quantitative estimate of drug-likeness (QED) is 0.586. The zero-order valence-electron chi connectivity index (χ0n) is 11.2. The Morgan fingerprint density at radius 3 is 2.82 bits per heavy atom. The van der Waals surface area contributed by atoms with Gasteiger partial charge in [-0.15, -0.1) is 0 Å². The Bertz CT molecular complexity index is 895. The van der Waals surface area contributed by atoms with Crippen LogP contribution in [0.1, 0.15) is 0 Å². The van der Waals surface area contributed by atoms with Crippen molar-refractivity contribution >= 4 is 22.6 Å². The van der Waals surface area contributed by atoms with Crippen molar-refractivity contribution in [1.29, 1.82) is 10.5 Å². The summed E-state index contributed by atoms with van der Waals surface area (Å²) in [6.07, 6.45) is 1.65. The van der Waals surface area contributed by atoms with Crippen molar-refractivity contribution in [3.05, 3.63) is 42.6 Å². The Kier molecular flexibility index (Phi) is 3.46. The molecule has 0 radical (unpaired) electrons. The molecule has 7 heteroatoms. The first-order valence-electron chi connectivity index (χ1n) is 6.26. The molecule has 1 N–H and O–H groups in total. The van der Waals surface area contributed by atoms with Gasteiger partial charge in [0.25, 0.3) is 0 Å². The summed E-state index contributed by atoms with van der Waals surface area (Å²) in [5, 5.41) is 21.0. The fourth-order valence-electron chi connectivity index (χ4n) is 1.81. The second kappa shape index (κ2) is 5.73. The molecule has 3 rings (SSSR count). The molecule has 0 saturated heterocycles. The van der Waals surface area contributed by atoms with Gasteiger partial charge in [-0.2, -0.15) is 20.6 Å². The maximum atomic E-state index is 8.64. The fourth-order valence-corrected chi connectivity index (χ4v) is 1.81. The Hall–Kier alpha value is -3.71. The number of nitrogens with zero attached hydrogens (tertiary/aromatic N) is 5. The number of benzene rings is 1. The smallest absolute Gasteiger partial charge is 0.237 e. The lowest BCUT2D eigenvalue weighted by Gasteiger charge is -2.01. The third kappa shape index (κ3) is 2.60. The molecule has 0 spiro atoms. The van der Waals surface area contributed by atoms with E-state index >= 15 is 0 Å². The van der Waals surface area contributed by atoms with Crippen molar-refractivity contribution in [2.75, 3.05) is 5.43 Å². The highest BCUT2D eigenvalue weighted by molar-refractivity contribution is 6.10. The molecule has 0 saturated carbocycles. The van der Waals surface area contributed by atoms with Crippen LogP contribution in [0, 0.1) is 22.7 Å². The van der Waals surface area contributed by atoms with Gasteiger partial charge >= 0.3 is 0 Å². The third-order valence-electron chi connectivity index (χ3n) is 2.78. The second-order valence-corrected chi connectivity index (χ2v) is 4.22. The van der Waals surface area contributed by atoms with Crippen LogP contribution < -0.4 is 5.43 Å². The average molecular weight is 288 g/mol. The summed E-state index contributed by atoms with van der Waals surface area (Å²) in [6.45, 7) is 0. The van der Waals surface area contributed by atoms with E-state index in [1.807, 2.05) is 6.07 Å². The van der Waals surface area contributed by atoms with Crippen LogP contribution >= 0.6 is 0 Å².